The number of aliphatic hydroxyl groups is 2. The van der Waals surface area contributed by atoms with E-state index in [-0.39, 0.29) is 23.8 Å². The molecule has 0 amide bonds. The van der Waals surface area contributed by atoms with Gasteiger partial charge in [0, 0.05) is 20.0 Å². The largest absolute Gasteiger partial charge is 0.462 e. The van der Waals surface area contributed by atoms with Crippen molar-refractivity contribution in [3.8, 4) is 0 Å². The van der Waals surface area contributed by atoms with Crippen molar-refractivity contribution in [1.29, 1.82) is 0 Å². The molecular formula is C22H36N2O10Si. The third kappa shape index (κ3) is 7.10. The summed E-state index contributed by atoms with van der Waals surface area (Å²) < 4.78 is 23.3. The number of nitrogens with one attached hydrogen (secondary N) is 1. The van der Waals surface area contributed by atoms with Crippen LogP contribution in [0.4, 0.5) is 0 Å². The standard InChI is InChI=1S/C22H36N2O10Si/c1-12(26)31-11-14(32-13(2)27)8-24-9-15(20(29)23-21(24)30)18-19(17(28)16(10-25)33-18)34-35(6,7)22(3,4)5/h9,14,16-19,25,28H,8,10-11H2,1-7H3,(H,23,29,30)/t14?,16-,17?,18+,19+/m1/s1. The highest BCUT2D eigenvalue weighted by molar-refractivity contribution is 6.74. The predicted octanol–water partition coefficient (Wildman–Crippen LogP) is 0.215. The van der Waals surface area contributed by atoms with E-state index in [1.807, 2.05) is 33.9 Å². The monoisotopic (exact) mass is 516 g/mol. The van der Waals surface area contributed by atoms with Crippen molar-refractivity contribution in [1.82, 2.24) is 9.55 Å². The molecule has 1 aliphatic rings. The van der Waals surface area contributed by atoms with Gasteiger partial charge >= 0.3 is 17.6 Å². The van der Waals surface area contributed by atoms with Gasteiger partial charge in [0.15, 0.2) is 14.4 Å². The molecule has 12 nitrogen and oxygen atoms in total. The Morgan fingerprint density at radius 3 is 2.37 bits per heavy atom. The summed E-state index contributed by atoms with van der Waals surface area (Å²) in [6.45, 7) is 11.4. The normalized spacial score (nSPS) is 23.7. The summed E-state index contributed by atoms with van der Waals surface area (Å²) in [5.41, 5.74) is -1.52. The Bertz CT molecular complexity index is 1030. The molecule has 0 aromatic carbocycles. The molecule has 0 spiro atoms. The van der Waals surface area contributed by atoms with Crippen molar-refractivity contribution < 1.29 is 38.4 Å². The topological polar surface area (TPSA) is 166 Å². The van der Waals surface area contributed by atoms with E-state index in [4.69, 9.17) is 18.6 Å². The molecule has 1 aromatic heterocycles. The van der Waals surface area contributed by atoms with E-state index in [9.17, 15) is 29.4 Å². The molecule has 0 radical (unpaired) electrons. The second-order valence-corrected chi connectivity index (χ2v) is 14.9. The first-order valence-corrected chi connectivity index (χ1v) is 14.2. The summed E-state index contributed by atoms with van der Waals surface area (Å²) in [4.78, 5) is 50.1. The first-order chi connectivity index (χ1) is 16.1. The molecule has 0 aliphatic carbocycles. The molecule has 0 saturated carbocycles. The van der Waals surface area contributed by atoms with Crippen LogP contribution < -0.4 is 11.2 Å². The van der Waals surface area contributed by atoms with Gasteiger partial charge in [-0.15, -0.1) is 0 Å². The highest BCUT2D eigenvalue weighted by atomic mass is 28.4. The van der Waals surface area contributed by atoms with Gasteiger partial charge in [0.25, 0.3) is 5.56 Å². The van der Waals surface area contributed by atoms with Crippen LogP contribution in [0.3, 0.4) is 0 Å². The van der Waals surface area contributed by atoms with E-state index in [0.717, 1.165) is 4.57 Å². The maximum atomic E-state index is 12.8. The highest BCUT2D eigenvalue weighted by Gasteiger charge is 2.50. The summed E-state index contributed by atoms with van der Waals surface area (Å²) in [6.07, 6.45) is -4.00. The zero-order chi connectivity index (χ0) is 26.7. The fraction of sp³-hybridized carbons (Fsp3) is 0.727. The molecule has 5 atom stereocenters. The van der Waals surface area contributed by atoms with Crippen LogP contribution in [0.1, 0.15) is 46.3 Å². The maximum absolute atomic E-state index is 12.8. The van der Waals surface area contributed by atoms with Crippen LogP contribution in [0.25, 0.3) is 0 Å². The summed E-state index contributed by atoms with van der Waals surface area (Å²) in [6, 6.07) is 0. The van der Waals surface area contributed by atoms with Crippen molar-refractivity contribution in [3.05, 3.63) is 32.6 Å². The number of ether oxygens (including phenoxy) is 3. The van der Waals surface area contributed by atoms with Gasteiger partial charge in [0.2, 0.25) is 0 Å². The minimum atomic E-state index is -2.45. The first kappa shape index (κ1) is 28.9. The number of aromatic amines is 1. The zero-order valence-corrected chi connectivity index (χ0v) is 22.2. The average molecular weight is 517 g/mol. The van der Waals surface area contributed by atoms with Crippen LogP contribution in [0.2, 0.25) is 18.1 Å². The van der Waals surface area contributed by atoms with Gasteiger partial charge < -0.3 is 28.8 Å². The number of hydrogen-bond donors (Lipinski definition) is 3. The Kier molecular flexibility index (Phi) is 9.22. The Morgan fingerprint density at radius 2 is 1.86 bits per heavy atom. The Hall–Kier alpha value is -2.32. The fourth-order valence-corrected chi connectivity index (χ4v) is 4.74. The summed E-state index contributed by atoms with van der Waals surface area (Å²) in [5.74, 6) is -1.23. The van der Waals surface area contributed by atoms with Gasteiger partial charge in [-0.05, 0) is 18.1 Å². The number of H-pyrrole nitrogens is 1. The van der Waals surface area contributed by atoms with Crippen molar-refractivity contribution in [3.63, 3.8) is 0 Å². The number of hydrogen-bond acceptors (Lipinski definition) is 10. The molecule has 3 N–H and O–H groups in total. The smallest absolute Gasteiger partial charge is 0.328 e. The van der Waals surface area contributed by atoms with E-state index < -0.39 is 68.6 Å². The molecule has 1 aliphatic heterocycles. The quantitative estimate of drug-likeness (QED) is 0.305. The molecule has 2 rings (SSSR count). The number of rotatable bonds is 9. The second kappa shape index (κ2) is 11.2. The van der Waals surface area contributed by atoms with Crippen molar-refractivity contribution in [2.24, 2.45) is 0 Å². The van der Waals surface area contributed by atoms with Crippen molar-refractivity contribution >= 4 is 20.3 Å². The molecule has 0 bridgehead atoms. The molecular weight excluding hydrogens is 480 g/mol. The minimum absolute atomic E-state index is 0.00243. The van der Waals surface area contributed by atoms with Gasteiger partial charge in [-0.1, -0.05) is 20.8 Å². The Labute approximate surface area is 204 Å². The predicted molar refractivity (Wildman–Crippen MR) is 126 cm³/mol. The van der Waals surface area contributed by atoms with Gasteiger partial charge in [0.1, 0.15) is 31.0 Å². The van der Waals surface area contributed by atoms with E-state index >= 15 is 0 Å². The van der Waals surface area contributed by atoms with E-state index in [1.165, 1.54) is 20.0 Å². The zero-order valence-electron chi connectivity index (χ0n) is 21.2. The maximum Gasteiger partial charge on any atom is 0.328 e. The molecule has 1 fully saturated rings. The van der Waals surface area contributed by atoms with Crippen molar-refractivity contribution in [2.45, 2.75) is 89.8 Å². The lowest BCUT2D eigenvalue weighted by atomic mass is 10.0. The van der Waals surface area contributed by atoms with Gasteiger partial charge in [0.05, 0.1) is 18.7 Å². The van der Waals surface area contributed by atoms with Crippen LogP contribution in [0.5, 0.6) is 0 Å². The minimum Gasteiger partial charge on any atom is -0.462 e. The molecule has 198 valence electrons. The van der Waals surface area contributed by atoms with E-state index in [1.54, 1.807) is 0 Å². The molecule has 2 heterocycles. The average Bonchev–Trinajstić information content (AvgIpc) is 3.01. The van der Waals surface area contributed by atoms with Crippen LogP contribution >= 0.6 is 0 Å². The Morgan fingerprint density at radius 1 is 1.23 bits per heavy atom. The van der Waals surface area contributed by atoms with E-state index in [0.29, 0.717) is 0 Å². The van der Waals surface area contributed by atoms with Gasteiger partial charge in [-0.2, -0.15) is 0 Å². The molecule has 35 heavy (non-hydrogen) atoms. The Balaban J connectivity index is 2.46. The van der Waals surface area contributed by atoms with Gasteiger partial charge in [-0.25, -0.2) is 4.79 Å². The number of esters is 2. The fourth-order valence-electron chi connectivity index (χ4n) is 3.44. The van der Waals surface area contributed by atoms with Crippen LogP contribution in [0.15, 0.2) is 15.8 Å². The van der Waals surface area contributed by atoms with Gasteiger partial charge in [-0.3, -0.25) is 23.9 Å². The molecule has 1 saturated heterocycles. The highest BCUT2D eigenvalue weighted by Crippen LogP contribution is 2.42. The lowest BCUT2D eigenvalue weighted by Gasteiger charge is -2.40. The summed E-state index contributed by atoms with van der Waals surface area (Å²) in [7, 11) is -2.45. The first-order valence-electron chi connectivity index (χ1n) is 11.3. The lowest BCUT2D eigenvalue weighted by Crippen LogP contribution is -2.49. The van der Waals surface area contributed by atoms with Crippen molar-refractivity contribution in [2.75, 3.05) is 13.2 Å². The molecule has 13 heteroatoms. The second-order valence-electron chi connectivity index (χ2n) is 10.1. The third-order valence-corrected chi connectivity index (χ3v) is 10.8. The summed E-state index contributed by atoms with van der Waals surface area (Å²) in [5, 5.41) is 20.3. The number of nitrogens with zero attached hydrogens (tertiary/aromatic N) is 1. The summed E-state index contributed by atoms with van der Waals surface area (Å²) >= 11 is 0. The van der Waals surface area contributed by atoms with Crippen LogP contribution in [0, 0.1) is 0 Å². The van der Waals surface area contributed by atoms with E-state index in [2.05, 4.69) is 4.98 Å². The lowest BCUT2D eigenvalue weighted by molar-refractivity contribution is -0.157. The number of aliphatic hydroxyl groups excluding tert-OH is 2. The van der Waals surface area contributed by atoms with Crippen LogP contribution in [-0.2, 0) is 34.8 Å². The number of aromatic nitrogens is 2. The number of carbonyl (C=O) groups excluding carboxylic acids is 2. The van der Waals surface area contributed by atoms with Crippen LogP contribution in [-0.4, -0.2) is 77.6 Å². The molecule has 1 aromatic rings. The SMILES string of the molecule is CC(=O)OCC(Cn1cc([C@@H]2O[C@H](CO)C(O)[C@@H]2O[Si](C)(C)C(C)(C)C)c(=O)[nH]c1=O)OC(C)=O. The number of carbonyl (C=O) groups is 2. The molecule has 2 unspecified atom stereocenters. The third-order valence-electron chi connectivity index (χ3n) is 6.30.